The molecule has 3 rings (SSSR count). The van der Waals surface area contributed by atoms with E-state index < -0.39 is 5.79 Å². The molecule has 1 saturated heterocycles. The highest BCUT2D eigenvalue weighted by atomic mass is 16.7. The first-order valence-electron chi connectivity index (χ1n) is 8.29. The average molecular weight is 305 g/mol. The first-order valence-corrected chi connectivity index (χ1v) is 8.29. The Morgan fingerprint density at radius 2 is 2.18 bits per heavy atom. The molecule has 4 nitrogen and oxygen atoms in total. The third-order valence-corrected chi connectivity index (χ3v) is 5.98. The molecule has 0 aromatic rings. The van der Waals surface area contributed by atoms with Crippen molar-refractivity contribution in [2.75, 3.05) is 13.2 Å². The van der Waals surface area contributed by atoms with Gasteiger partial charge in [0.15, 0.2) is 5.79 Å². The first kappa shape index (κ1) is 15.8. The monoisotopic (exact) mass is 305 g/mol. The summed E-state index contributed by atoms with van der Waals surface area (Å²) in [5, 5.41) is 12.0. The van der Waals surface area contributed by atoms with Crippen molar-refractivity contribution in [3.05, 3.63) is 23.8 Å². The van der Waals surface area contributed by atoms with Gasteiger partial charge in [0.2, 0.25) is 0 Å². The number of ether oxygens (including phenoxy) is 2. The molecule has 2 aliphatic carbocycles. The summed E-state index contributed by atoms with van der Waals surface area (Å²) in [5.41, 5.74) is 2.79. The highest BCUT2D eigenvalue weighted by Crippen LogP contribution is 2.57. The van der Waals surface area contributed by atoms with Crippen LogP contribution >= 0.6 is 0 Å². The Kier molecular flexibility index (Phi) is 4.17. The zero-order valence-electron chi connectivity index (χ0n) is 13.7. The standard InChI is InChI=1S/C18H27NO3/c1-13(2)14-10-15(4-7-19-20)17(3)5-6-18(12-16(17)11-14)21-8-9-22-18/h7,11,14-15,20H,1,4-6,8-10,12H2,2-3H3/b19-7+/t14-,15-,17+/m0/s1. The smallest absolute Gasteiger partial charge is 0.172 e. The van der Waals surface area contributed by atoms with Gasteiger partial charge in [0.1, 0.15) is 0 Å². The van der Waals surface area contributed by atoms with E-state index in [-0.39, 0.29) is 5.41 Å². The minimum absolute atomic E-state index is 0.147. The molecule has 1 spiro atoms. The lowest BCUT2D eigenvalue weighted by atomic mass is 9.56. The van der Waals surface area contributed by atoms with Crippen LogP contribution in [0.3, 0.4) is 0 Å². The fourth-order valence-corrected chi connectivity index (χ4v) is 4.40. The van der Waals surface area contributed by atoms with Crippen LogP contribution in [0.1, 0.15) is 46.0 Å². The van der Waals surface area contributed by atoms with Crippen molar-refractivity contribution in [3.63, 3.8) is 0 Å². The molecule has 1 N–H and O–H groups in total. The zero-order valence-corrected chi connectivity index (χ0v) is 13.7. The molecule has 2 fully saturated rings. The Labute approximate surface area is 132 Å². The van der Waals surface area contributed by atoms with E-state index in [9.17, 15) is 0 Å². The van der Waals surface area contributed by atoms with E-state index >= 15 is 0 Å². The van der Waals surface area contributed by atoms with Gasteiger partial charge in [0.05, 0.1) is 13.2 Å². The van der Waals surface area contributed by atoms with E-state index in [1.54, 1.807) is 6.21 Å². The van der Waals surface area contributed by atoms with Crippen LogP contribution in [0.25, 0.3) is 0 Å². The minimum atomic E-state index is -0.391. The molecule has 3 atom stereocenters. The molecule has 1 heterocycles. The second-order valence-electron chi connectivity index (χ2n) is 7.31. The Morgan fingerprint density at radius 3 is 2.82 bits per heavy atom. The van der Waals surface area contributed by atoms with Crippen molar-refractivity contribution in [1.82, 2.24) is 0 Å². The predicted molar refractivity (Wildman–Crippen MR) is 86.0 cm³/mol. The molecule has 0 amide bonds. The fraction of sp³-hybridized carbons (Fsp3) is 0.722. The van der Waals surface area contributed by atoms with Gasteiger partial charge in [-0.25, -0.2) is 0 Å². The molecule has 3 aliphatic rings. The van der Waals surface area contributed by atoms with E-state index in [2.05, 4.69) is 31.7 Å². The topological polar surface area (TPSA) is 51.1 Å². The zero-order chi connectivity index (χ0) is 15.8. The molecule has 0 bridgehead atoms. The summed E-state index contributed by atoms with van der Waals surface area (Å²) < 4.78 is 11.9. The molecule has 0 aromatic carbocycles. The number of rotatable bonds is 3. The van der Waals surface area contributed by atoms with E-state index in [0.29, 0.717) is 25.0 Å². The van der Waals surface area contributed by atoms with Gasteiger partial charge in [-0.05, 0) is 43.4 Å². The van der Waals surface area contributed by atoms with Crippen LogP contribution in [0.4, 0.5) is 0 Å². The van der Waals surface area contributed by atoms with Crippen molar-refractivity contribution in [2.24, 2.45) is 22.4 Å². The summed E-state index contributed by atoms with van der Waals surface area (Å²) in [4.78, 5) is 0. The number of fused-ring (bicyclic) bond motifs is 1. The van der Waals surface area contributed by atoms with Crippen molar-refractivity contribution < 1.29 is 14.7 Å². The summed E-state index contributed by atoms with van der Waals surface area (Å²) >= 11 is 0. The van der Waals surface area contributed by atoms with Crippen LogP contribution in [-0.2, 0) is 9.47 Å². The molecule has 0 aromatic heterocycles. The first-order chi connectivity index (χ1) is 10.5. The number of hydrogen-bond acceptors (Lipinski definition) is 4. The molecule has 1 saturated carbocycles. The summed E-state index contributed by atoms with van der Waals surface area (Å²) in [6.45, 7) is 10.0. The van der Waals surface area contributed by atoms with Gasteiger partial charge in [0, 0.05) is 19.1 Å². The summed E-state index contributed by atoms with van der Waals surface area (Å²) in [6, 6.07) is 0. The number of oxime groups is 1. The fourth-order valence-electron chi connectivity index (χ4n) is 4.40. The Balaban J connectivity index is 1.90. The van der Waals surface area contributed by atoms with Crippen LogP contribution in [0.2, 0.25) is 0 Å². The largest absolute Gasteiger partial charge is 0.411 e. The van der Waals surface area contributed by atoms with Crippen LogP contribution in [-0.4, -0.2) is 30.4 Å². The van der Waals surface area contributed by atoms with Crippen molar-refractivity contribution >= 4 is 6.21 Å². The van der Waals surface area contributed by atoms with Gasteiger partial charge >= 0.3 is 0 Å². The van der Waals surface area contributed by atoms with E-state index in [4.69, 9.17) is 14.7 Å². The molecule has 0 unspecified atom stereocenters. The van der Waals surface area contributed by atoms with Crippen LogP contribution in [0.15, 0.2) is 29.0 Å². The second kappa shape index (κ2) is 5.82. The molecule has 1 aliphatic heterocycles. The van der Waals surface area contributed by atoms with Crippen molar-refractivity contribution in [3.8, 4) is 0 Å². The van der Waals surface area contributed by atoms with E-state index in [0.717, 1.165) is 32.1 Å². The Hall–Kier alpha value is -1.13. The van der Waals surface area contributed by atoms with Crippen LogP contribution < -0.4 is 0 Å². The maximum atomic E-state index is 8.82. The van der Waals surface area contributed by atoms with Crippen LogP contribution in [0.5, 0.6) is 0 Å². The molecule has 0 radical (unpaired) electrons. The molecular formula is C18H27NO3. The highest BCUT2D eigenvalue weighted by molar-refractivity contribution is 5.57. The lowest BCUT2D eigenvalue weighted by molar-refractivity contribution is -0.180. The maximum absolute atomic E-state index is 8.82. The minimum Gasteiger partial charge on any atom is -0.411 e. The Bertz CT molecular complexity index is 504. The average Bonchev–Trinajstić information content (AvgIpc) is 2.94. The normalized spacial score (nSPS) is 37.3. The van der Waals surface area contributed by atoms with Gasteiger partial charge in [-0.1, -0.05) is 30.7 Å². The van der Waals surface area contributed by atoms with E-state index in [1.807, 2.05) is 0 Å². The number of nitrogens with zero attached hydrogens (tertiary/aromatic N) is 1. The van der Waals surface area contributed by atoms with Gasteiger partial charge in [-0.3, -0.25) is 0 Å². The van der Waals surface area contributed by atoms with E-state index in [1.165, 1.54) is 11.1 Å². The third-order valence-electron chi connectivity index (χ3n) is 5.98. The van der Waals surface area contributed by atoms with Gasteiger partial charge in [-0.15, -0.1) is 5.16 Å². The molecule has 22 heavy (non-hydrogen) atoms. The predicted octanol–water partition coefficient (Wildman–Crippen LogP) is 3.91. The molecular weight excluding hydrogens is 278 g/mol. The van der Waals surface area contributed by atoms with Crippen molar-refractivity contribution in [1.29, 1.82) is 0 Å². The highest BCUT2D eigenvalue weighted by Gasteiger charge is 2.51. The number of hydrogen-bond donors (Lipinski definition) is 1. The molecule has 122 valence electrons. The van der Waals surface area contributed by atoms with Gasteiger partial charge in [0.25, 0.3) is 0 Å². The summed E-state index contributed by atoms with van der Waals surface area (Å²) in [7, 11) is 0. The van der Waals surface area contributed by atoms with Crippen molar-refractivity contribution in [2.45, 2.75) is 51.7 Å². The maximum Gasteiger partial charge on any atom is 0.172 e. The number of allylic oxidation sites excluding steroid dienone is 2. The SMILES string of the molecule is C=C(C)[C@@H]1C=C2CC3(CC[C@]2(C)[C@@H](C/C=N/O)C1)OCCO3. The van der Waals surface area contributed by atoms with Crippen LogP contribution in [0, 0.1) is 17.3 Å². The summed E-state index contributed by atoms with van der Waals surface area (Å²) in [6.07, 6.45) is 8.80. The Morgan fingerprint density at radius 1 is 1.45 bits per heavy atom. The molecule has 4 heteroatoms. The quantitative estimate of drug-likeness (QED) is 0.372. The third kappa shape index (κ3) is 2.63. The summed E-state index contributed by atoms with van der Waals surface area (Å²) in [5.74, 6) is 0.485. The lowest BCUT2D eigenvalue weighted by Crippen LogP contribution is -2.46. The lowest BCUT2D eigenvalue weighted by Gasteiger charge is -2.51. The second-order valence-corrected chi connectivity index (χ2v) is 7.31. The van der Waals surface area contributed by atoms with Gasteiger partial charge in [-0.2, -0.15) is 0 Å². The van der Waals surface area contributed by atoms with Gasteiger partial charge < -0.3 is 14.7 Å².